The zero-order valence-corrected chi connectivity index (χ0v) is 21.7. The van der Waals surface area contributed by atoms with Gasteiger partial charge in [0.25, 0.3) is 5.91 Å². The van der Waals surface area contributed by atoms with Crippen LogP contribution in [-0.4, -0.2) is 48.6 Å². The number of aryl methyl sites for hydroxylation is 1. The first kappa shape index (κ1) is 24.8. The fraction of sp³-hybridized carbons (Fsp3) is 0.286. The molecule has 9 heteroatoms. The molecular formula is C28H29N5O3S. The van der Waals surface area contributed by atoms with Crippen molar-refractivity contribution in [3.05, 3.63) is 89.5 Å². The first-order valence-corrected chi connectivity index (χ1v) is 14.2. The van der Waals surface area contributed by atoms with Crippen molar-refractivity contribution in [1.82, 2.24) is 20.3 Å². The van der Waals surface area contributed by atoms with E-state index in [0.717, 1.165) is 48.9 Å². The number of anilines is 1. The molecule has 1 aromatic carbocycles. The fourth-order valence-electron chi connectivity index (χ4n) is 4.81. The number of amides is 1. The van der Waals surface area contributed by atoms with Crippen molar-refractivity contribution in [3.63, 3.8) is 0 Å². The molecule has 1 N–H and O–H groups in total. The molecule has 1 saturated heterocycles. The van der Waals surface area contributed by atoms with Gasteiger partial charge in [0, 0.05) is 48.9 Å². The van der Waals surface area contributed by atoms with Crippen LogP contribution in [0.5, 0.6) is 0 Å². The molecule has 0 bridgehead atoms. The van der Waals surface area contributed by atoms with Crippen molar-refractivity contribution in [2.45, 2.75) is 37.1 Å². The van der Waals surface area contributed by atoms with Crippen LogP contribution in [-0.2, 0) is 16.4 Å². The van der Waals surface area contributed by atoms with E-state index in [1.54, 1.807) is 25.3 Å². The van der Waals surface area contributed by atoms with Crippen molar-refractivity contribution >= 4 is 32.5 Å². The van der Waals surface area contributed by atoms with Crippen LogP contribution in [0.4, 0.5) is 5.82 Å². The average molecular weight is 516 g/mol. The lowest BCUT2D eigenvalue weighted by atomic mass is 9.90. The summed E-state index contributed by atoms with van der Waals surface area (Å²) in [7, 11) is -3.42. The summed E-state index contributed by atoms with van der Waals surface area (Å²) in [6.07, 6.45) is 8.74. The number of hydrogen-bond acceptors (Lipinski definition) is 7. The Hall–Kier alpha value is -3.85. The van der Waals surface area contributed by atoms with Crippen molar-refractivity contribution in [2.75, 3.05) is 24.2 Å². The Bertz CT molecular complexity index is 1550. The molecule has 4 heterocycles. The van der Waals surface area contributed by atoms with Gasteiger partial charge in [-0.25, -0.2) is 13.4 Å². The Labute approximate surface area is 216 Å². The average Bonchev–Trinajstić information content (AvgIpc) is 2.91. The van der Waals surface area contributed by atoms with E-state index in [9.17, 15) is 13.2 Å². The zero-order valence-electron chi connectivity index (χ0n) is 20.9. The number of pyridine rings is 3. The molecule has 1 aliphatic heterocycles. The van der Waals surface area contributed by atoms with E-state index in [2.05, 4.69) is 32.3 Å². The zero-order chi connectivity index (χ0) is 26.0. The summed E-state index contributed by atoms with van der Waals surface area (Å²) in [6, 6.07) is 14.8. The van der Waals surface area contributed by atoms with E-state index >= 15 is 0 Å². The molecule has 1 aliphatic rings. The van der Waals surface area contributed by atoms with Gasteiger partial charge in [0.05, 0.1) is 22.7 Å². The van der Waals surface area contributed by atoms with Gasteiger partial charge in [0.2, 0.25) is 0 Å². The molecule has 0 spiro atoms. The van der Waals surface area contributed by atoms with E-state index in [-0.39, 0.29) is 17.3 Å². The molecule has 0 aliphatic carbocycles. The fourth-order valence-corrected chi connectivity index (χ4v) is 5.81. The van der Waals surface area contributed by atoms with E-state index in [0.29, 0.717) is 22.7 Å². The minimum Gasteiger partial charge on any atom is -0.357 e. The molecule has 0 radical (unpaired) electrons. The monoisotopic (exact) mass is 515 g/mol. The van der Waals surface area contributed by atoms with Gasteiger partial charge in [0.15, 0.2) is 9.84 Å². The molecular weight excluding hydrogens is 486 g/mol. The number of hydrogen-bond donors (Lipinski definition) is 1. The number of sulfone groups is 1. The Morgan fingerprint density at radius 2 is 1.81 bits per heavy atom. The molecule has 0 atom stereocenters. The smallest absolute Gasteiger partial charge is 0.251 e. The van der Waals surface area contributed by atoms with Crippen LogP contribution >= 0.6 is 0 Å². The molecule has 37 heavy (non-hydrogen) atoms. The second-order valence-corrected chi connectivity index (χ2v) is 11.5. The maximum atomic E-state index is 12.7. The molecule has 5 rings (SSSR count). The minimum atomic E-state index is -3.42. The second-order valence-electron chi connectivity index (χ2n) is 9.51. The van der Waals surface area contributed by atoms with Crippen LogP contribution in [0.3, 0.4) is 0 Å². The molecule has 0 unspecified atom stereocenters. The first-order chi connectivity index (χ1) is 17.8. The highest BCUT2D eigenvalue weighted by Crippen LogP contribution is 2.30. The summed E-state index contributed by atoms with van der Waals surface area (Å²) < 4.78 is 24.0. The van der Waals surface area contributed by atoms with E-state index in [1.165, 1.54) is 11.6 Å². The van der Waals surface area contributed by atoms with Gasteiger partial charge in [-0.1, -0.05) is 6.07 Å². The number of piperidine rings is 1. The largest absolute Gasteiger partial charge is 0.357 e. The topological polar surface area (TPSA) is 105 Å². The summed E-state index contributed by atoms with van der Waals surface area (Å²) in [4.78, 5) is 28.6. The van der Waals surface area contributed by atoms with Gasteiger partial charge >= 0.3 is 0 Å². The van der Waals surface area contributed by atoms with Gasteiger partial charge in [0.1, 0.15) is 5.82 Å². The van der Waals surface area contributed by atoms with Gasteiger partial charge in [-0.15, -0.1) is 0 Å². The molecule has 0 saturated carbocycles. The van der Waals surface area contributed by atoms with Crippen LogP contribution in [0, 0.1) is 6.92 Å². The number of aromatic nitrogens is 3. The lowest BCUT2D eigenvalue weighted by Gasteiger charge is -2.33. The summed E-state index contributed by atoms with van der Waals surface area (Å²) in [5.74, 6) is 1.13. The summed E-state index contributed by atoms with van der Waals surface area (Å²) in [6.45, 7) is 3.79. The summed E-state index contributed by atoms with van der Waals surface area (Å²) >= 11 is 0. The number of nitrogens with one attached hydrogen (secondary N) is 1. The maximum Gasteiger partial charge on any atom is 0.251 e. The summed E-state index contributed by atoms with van der Waals surface area (Å²) in [5.41, 5.74) is 3.75. The third kappa shape index (κ3) is 5.61. The van der Waals surface area contributed by atoms with Gasteiger partial charge in [-0.2, -0.15) is 0 Å². The van der Waals surface area contributed by atoms with Gasteiger partial charge in [-0.05, 0) is 79.3 Å². The minimum absolute atomic E-state index is 0.158. The van der Waals surface area contributed by atoms with E-state index in [1.807, 2.05) is 30.6 Å². The van der Waals surface area contributed by atoms with Gasteiger partial charge in [-0.3, -0.25) is 14.8 Å². The molecule has 1 fully saturated rings. The predicted molar refractivity (Wildman–Crippen MR) is 143 cm³/mol. The quantitative estimate of drug-likeness (QED) is 0.413. The van der Waals surface area contributed by atoms with E-state index in [4.69, 9.17) is 4.98 Å². The van der Waals surface area contributed by atoms with Crippen molar-refractivity contribution in [3.8, 4) is 0 Å². The van der Waals surface area contributed by atoms with Crippen molar-refractivity contribution in [2.24, 2.45) is 0 Å². The van der Waals surface area contributed by atoms with Crippen LogP contribution in [0.15, 0.2) is 72.0 Å². The van der Waals surface area contributed by atoms with Crippen LogP contribution in [0.25, 0.3) is 10.9 Å². The lowest BCUT2D eigenvalue weighted by molar-refractivity contribution is 0.0950. The molecule has 3 aromatic heterocycles. The van der Waals surface area contributed by atoms with Crippen molar-refractivity contribution in [1.29, 1.82) is 0 Å². The third-order valence-electron chi connectivity index (χ3n) is 6.89. The Morgan fingerprint density at radius 3 is 2.54 bits per heavy atom. The molecule has 190 valence electrons. The first-order valence-electron chi connectivity index (χ1n) is 12.3. The number of nitrogens with zero attached hydrogens (tertiary/aromatic N) is 4. The number of fused-ring (bicyclic) bond motifs is 1. The summed E-state index contributed by atoms with van der Waals surface area (Å²) in [5, 5.41) is 3.77. The predicted octanol–water partition coefficient (Wildman–Crippen LogP) is 4.05. The highest BCUT2D eigenvalue weighted by Gasteiger charge is 2.21. The highest BCUT2D eigenvalue weighted by molar-refractivity contribution is 7.90. The maximum absolute atomic E-state index is 12.7. The van der Waals surface area contributed by atoms with Crippen LogP contribution in [0.2, 0.25) is 0 Å². The number of carbonyl (C=O) groups is 1. The standard InChI is InChI=1S/C28H29N5O3S/c1-19-3-4-22(15-26(19)37(2,35)36)28(34)31-18-24-16-25-23(17-30-24)5-6-27(32-25)33-13-9-21(10-14-33)20-7-11-29-12-8-20/h3-8,11-12,15-17,21H,9-10,13-14,18H2,1-2H3,(H,31,34). The molecule has 4 aromatic rings. The third-order valence-corrected chi connectivity index (χ3v) is 8.13. The lowest BCUT2D eigenvalue weighted by Crippen LogP contribution is -2.33. The number of benzene rings is 1. The molecule has 8 nitrogen and oxygen atoms in total. The van der Waals surface area contributed by atoms with Gasteiger partial charge < -0.3 is 10.2 Å². The Morgan fingerprint density at radius 1 is 1.05 bits per heavy atom. The Kier molecular flexibility index (Phi) is 6.88. The Balaban J connectivity index is 1.26. The van der Waals surface area contributed by atoms with Crippen molar-refractivity contribution < 1.29 is 13.2 Å². The number of rotatable bonds is 6. The highest BCUT2D eigenvalue weighted by atomic mass is 32.2. The normalized spacial score (nSPS) is 14.6. The second kappa shape index (κ2) is 10.3. The molecule has 1 amide bonds. The SMILES string of the molecule is Cc1ccc(C(=O)NCc2cc3nc(N4CCC(c5ccncc5)CC4)ccc3cn2)cc1S(C)(=O)=O. The van der Waals surface area contributed by atoms with Crippen LogP contribution < -0.4 is 10.2 Å². The van der Waals surface area contributed by atoms with Crippen LogP contribution in [0.1, 0.15) is 45.9 Å². The number of carbonyl (C=O) groups excluding carboxylic acids is 1. The van der Waals surface area contributed by atoms with E-state index < -0.39 is 9.84 Å².